The first-order chi connectivity index (χ1) is 14.3. The molecule has 0 saturated heterocycles. The van der Waals surface area contributed by atoms with Crippen LogP contribution >= 0.6 is 11.6 Å². The van der Waals surface area contributed by atoms with E-state index in [1.54, 1.807) is 46.8 Å². The molecule has 0 bridgehead atoms. The largest absolute Gasteiger partial charge is 0.368 e. The smallest absolute Gasteiger partial charge is 0.274 e. The number of rotatable bonds is 4. The fourth-order valence-corrected chi connectivity index (χ4v) is 3.93. The Morgan fingerprint density at radius 3 is 2.47 bits per heavy atom. The summed E-state index contributed by atoms with van der Waals surface area (Å²) in [6.45, 7) is 3.82. The van der Waals surface area contributed by atoms with Crippen LogP contribution in [0.1, 0.15) is 28.4 Å². The summed E-state index contributed by atoms with van der Waals surface area (Å²) in [5.74, 6) is -0.736. The molecule has 1 atom stereocenters. The predicted octanol–water partition coefficient (Wildman–Crippen LogP) is 4.77. The van der Waals surface area contributed by atoms with E-state index < -0.39 is 11.4 Å². The van der Waals surface area contributed by atoms with Crippen LogP contribution in [-0.2, 0) is 10.3 Å². The number of fused-ring (bicyclic) bond motifs is 1. The van der Waals surface area contributed by atoms with E-state index in [1.807, 2.05) is 44.2 Å². The number of hydroxylamine groups is 1. The Balaban J connectivity index is 1.76. The summed E-state index contributed by atoms with van der Waals surface area (Å²) in [4.78, 5) is 26.9. The third-order valence-corrected chi connectivity index (χ3v) is 5.51. The highest BCUT2D eigenvalue weighted by Crippen LogP contribution is 2.46. The van der Waals surface area contributed by atoms with Gasteiger partial charge >= 0.3 is 0 Å². The van der Waals surface area contributed by atoms with E-state index in [1.165, 1.54) is 0 Å². The van der Waals surface area contributed by atoms with Gasteiger partial charge in [-0.2, -0.15) is 0 Å². The molecule has 1 aliphatic rings. The second-order valence-corrected chi connectivity index (χ2v) is 7.85. The SMILES string of the molecule is Cc1ccc2c(c1)C(C)(Nc1ccc(C(=O)NO)cc1)C(=O)N2c1cccc(Cl)c1. The number of halogens is 1. The molecule has 1 heterocycles. The molecule has 4 rings (SSSR count). The Hall–Kier alpha value is -3.35. The van der Waals surface area contributed by atoms with Crippen molar-refractivity contribution in [1.29, 1.82) is 0 Å². The van der Waals surface area contributed by atoms with Crippen molar-refractivity contribution in [1.82, 2.24) is 5.48 Å². The van der Waals surface area contributed by atoms with Gasteiger partial charge in [-0.25, -0.2) is 5.48 Å². The van der Waals surface area contributed by atoms with Crippen molar-refractivity contribution >= 4 is 40.5 Å². The summed E-state index contributed by atoms with van der Waals surface area (Å²) in [7, 11) is 0. The summed E-state index contributed by atoms with van der Waals surface area (Å²) in [6, 6.07) is 19.6. The number of nitrogens with zero attached hydrogens (tertiary/aromatic N) is 1. The third kappa shape index (κ3) is 3.30. The van der Waals surface area contributed by atoms with Crippen molar-refractivity contribution in [3.8, 4) is 0 Å². The molecule has 3 aromatic carbocycles. The summed E-state index contributed by atoms with van der Waals surface area (Å²) < 4.78 is 0. The molecule has 6 nitrogen and oxygen atoms in total. The molecule has 152 valence electrons. The number of hydrogen-bond donors (Lipinski definition) is 3. The average molecular weight is 422 g/mol. The Kier molecular flexibility index (Phi) is 4.97. The molecule has 2 amide bonds. The molecule has 0 aliphatic carbocycles. The van der Waals surface area contributed by atoms with Gasteiger partial charge in [0.1, 0.15) is 5.54 Å². The summed E-state index contributed by atoms with van der Waals surface area (Å²) in [5.41, 5.74) is 4.93. The van der Waals surface area contributed by atoms with Crippen LogP contribution in [0.15, 0.2) is 66.7 Å². The number of carbonyl (C=O) groups excluding carboxylic acids is 2. The van der Waals surface area contributed by atoms with E-state index in [0.717, 1.165) is 16.8 Å². The number of benzene rings is 3. The third-order valence-electron chi connectivity index (χ3n) is 5.27. The normalized spacial score (nSPS) is 17.6. The molecule has 1 unspecified atom stereocenters. The van der Waals surface area contributed by atoms with Crippen LogP contribution in [0.2, 0.25) is 5.02 Å². The quantitative estimate of drug-likeness (QED) is 0.418. The lowest BCUT2D eigenvalue weighted by atomic mass is 9.92. The van der Waals surface area contributed by atoms with Gasteiger partial charge in [-0.15, -0.1) is 0 Å². The van der Waals surface area contributed by atoms with Crippen LogP contribution < -0.4 is 15.7 Å². The van der Waals surface area contributed by atoms with E-state index in [2.05, 4.69) is 5.32 Å². The molecule has 30 heavy (non-hydrogen) atoms. The molecule has 0 spiro atoms. The van der Waals surface area contributed by atoms with E-state index >= 15 is 0 Å². The lowest BCUT2D eigenvalue weighted by Gasteiger charge is -2.27. The van der Waals surface area contributed by atoms with Crippen LogP contribution in [0, 0.1) is 6.92 Å². The molecule has 0 aromatic heterocycles. The van der Waals surface area contributed by atoms with Gasteiger partial charge < -0.3 is 5.32 Å². The number of anilines is 3. The minimum Gasteiger partial charge on any atom is -0.368 e. The molecule has 7 heteroatoms. The summed E-state index contributed by atoms with van der Waals surface area (Å²) in [6.07, 6.45) is 0. The number of carbonyl (C=O) groups is 2. The minimum absolute atomic E-state index is 0.137. The van der Waals surface area contributed by atoms with Gasteiger partial charge in [0.15, 0.2) is 0 Å². The second-order valence-electron chi connectivity index (χ2n) is 7.41. The second kappa shape index (κ2) is 7.48. The van der Waals surface area contributed by atoms with E-state index in [-0.39, 0.29) is 5.91 Å². The van der Waals surface area contributed by atoms with Gasteiger partial charge in [0.05, 0.1) is 11.4 Å². The zero-order valence-electron chi connectivity index (χ0n) is 16.4. The van der Waals surface area contributed by atoms with Crippen LogP contribution in [0.3, 0.4) is 0 Å². The van der Waals surface area contributed by atoms with E-state index in [4.69, 9.17) is 16.8 Å². The van der Waals surface area contributed by atoms with Gasteiger partial charge in [0.2, 0.25) is 0 Å². The molecule has 0 radical (unpaired) electrons. The van der Waals surface area contributed by atoms with Gasteiger partial charge in [-0.1, -0.05) is 35.4 Å². The van der Waals surface area contributed by atoms with Gasteiger partial charge in [-0.3, -0.25) is 19.7 Å². The molecule has 0 saturated carbocycles. The molecule has 1 aliphatic heterocycles. The molecule has 3 aromatic rings. The van der Waals surface area contributed by atoms with E-state index in [9.17, 15) is 9.59 Å². The number of amides is 2. The summed E-state index contributed by atoms with van der Waals surface area (Å²) >= 11 is 6.17. The van der Waals surface area contributed by atoms with Gasteiger partial charge in [0.25, 0.3) is 11.8 Å². The molecule has 0 fully saturated rings. The fourth-order valence-electron chi connectivity index (χ4n) is 3.74. The lowest BCUT2D eigenvalue weighted by Crippen LogP contribution is -2.42. The van der Waals surface area contributed by atoms with Crippen molar-refractivity contribution in [3.05, 3.63) is 88.4 Å². The highest BCUT2D eigenvalue weighted by molar-refractivity contribution is 6.31. The van der Waals surface area contributed by atoms with Crippen molar-refractivity contribution in [2.75, 3.05) is 10.2 Å². The minimum atomic E-state index is -1.02. The molecular weight excluding hydrogens is 402 g/mol. The van der Waals surface area contributed by atoms with Crippen LogP contribution in [0.4, 0.5) is 17.1 Å². The monoisotopic (exact) mass is 421 g/mol. The zero-order chi connectivity index (χ0) is 21.5. The van der Waals surface area contributed by atoms with E-state index in [0.29, 0.717) is 22.0 Å². The topological polar surface area (TPSA) is 81.7 Å². The first-order valence-corrected chi connectivity index (χ1v) is 9.75. The molecular formula is C23H20ClN3O3. The van der Waals surface area contributed by atoms with Crippen molar-refractivity contribution in [3.63, 3.8) is 0 Å². The average Bonchev–Trinajstić information content (AvgIpc) is 2.95. The van der Waals surface area contributed by atoms with Crippen LogP contribution in [-0.4, -0.2) is 17.0 Å². The van der Waals surface area contributed by atoms with Crippen molar-refractivity contribution in [2.45, 2.75) is 19.4 Å². The van der Waals surface area contributed by atoms with Gasteiger partial charge in [-0.05, 0) is 62.4 Å². The van der Waals surface area contributed by atoms with Crippen LogP contribution in [0.25, 0.3) is 0 Å². The first-order valence-electron chi connectivity index (χ1n) is 9.37. The maximum absolute atomic E-state index is 13.7. The number of nitrogens with one attached hydrogen (secondary N) is 2. The Labute approximate surface area is 179 Å². The highest BCUT2D eigenvalue weighted by atomic mass is 35.5. The maximum Gasteiger partial charge on any atom is 0.274 e. The Morgan fingerprint density at radius 2 is 1.80 bits per heavy atom. The lowest BCUT2D eigenvalue weighted by molar-refractivity contribution is -0.121. The Morgan fingerprint density at radius 1 is 1.07 bits per heavy atom. The molecule has 3 N–H and O–H groups in total. The number of aryl methyl sites for hydroxylation is 1. The summed E-state index contributed by atoms with van der Waals surface area (Å²) in [5, 5.41) is 12.7. The fraction of sp³-hybridized carbons (Fsp3) is 0.130. The first kappa shape index (κ1) is 19.9. The Bertz CT molecular complexity index is 1150. The predicted molar refractivity (Wildman–Crippen MR) is 116 cm³/mol. The maximum atomic E-state index is 13.7. The van der Waals surface area contributed by atoms with Crippen molar-refractivity contribution in [2.24, 2.45) is 0 Å². The number of hydrogen-bond acceptors (Lipinski definition) is 4. The zero-order valence-corrected chi connectivity index (χ0v) is 17.2. The van der Waals surface area contributed by atoms with Crippen molar-refractivity contribution < 1.29 is 14.8 Å². The standard InChI is InChI=1S/C23H20ClN3O3/c1-14-6-11-20-19(12-14)23(2,22(29)27(20)18-5-3-4-16(24)13-18)25-17-9-7-15(8-10-17)21(28)26-30/h3-13,25,30H,1-2H3,(H,26,28). The van der Waals surface area contributed by atoms with Gasteiger partial charge in [0, 0.05) is 21.8 Å². The highest BCUT2D eigenvalue weighted by Gasteiger charge is 2.48. The van der Waals surface area contributed by atoms with Crippen LogP contribution in [0.5, 0.6) is 0 Å².